The van der Waals surface area contributed by atoms with Gasteiger partial charge >= 0.3 is 0 Å². The minimum Gasteiger partial charge on any atom is -0.316 e. The first-order chi connectivity index (χ1) is 9.08. The molecule has 3 nitrogen and oxygen atoms in total. The van der Waals surface area contributed by atoms with Crippen LogP contribution >= 0.6 is 0 Å². The van der Waals surface area contributed by atoms with E-state index in [1.165, 1.54) is 65.0 Å². The number of nitrogens with zero attached hydrogens (tertiary/aromatic N) is 1. The molecular weight excluding hydrogens is 234 g/mol. The Bertz CT molecular complexity index is 259. The van der Waals surface area contributed by atoms with E-state index in [4.69, 9.17) is 0 Å². The maximum absolute atomic E-state index is 3.72. The minimum absolute atomic E-state index is 0.440. The molecule has 2 fully saturated rings. The van der Waals surface area contributed by atoms with Crippen molar-refractivity contribution in [3.8, 4) is 0 Å². The van der Waals surface area contributed by atoms with E-state index in [-0.39, 0.29) is 0 Å². The van der Waals surface area contributed by atoms with Crippen LogP contribution in [-0.4, -0.2) is 51.2 Å². The number of nitrogens with one attached hydrogen (secondary N) is 2. The minimum atomic E-state index is 0.440. The first-order valence-corrected chi connectivity index (χ1v) is 8.18. The molecule has 2 aliphatic rings. The SMILES string of the molecule is CN1CCC(C(C)(C)CNCCC2CCCNC2)C1. The average Bonchev–Trinajstić information content (AvgIpc) is 2.84. The van der Waals surface area contributed by atoms with Crippen LogP contribution in [0.5, 0.6) is 0 Å². The van der Waals surface area contributed by atoms with Crippen LogP contribution in [0.1, 0.15) is 39.5 Å². The molecule has 2 N–H and O–H groups in total. The van der Waals surface area contributed by atoms with Crippen molar-refractivity contribution in [1.82, 2.24) is 15.5 Å². The lowest BCUT2D eigenvalue weighted by molar-refractivity contribution is 0.204. The van der Waals surface area contributed by atoms with Gasteiger partial charge in [0.2, 0.25) is 0 Å². The Labute approximate surface area is 119 Å². The second-order valence-electron chi connectivity index (χ2n) is 7.41. The molecule has 2 rings (SSSR count). The standard InChI is InChI=1S/C16H33N3/c1-16(2,15-7-10-19(3)12-15)13-18-9-6-14-5-4-8-17-11-14/h14-15,17-18H,4-13H2,1-3H3. The highest BCUT2D eigenvalue weighted by Gasteiger charge is 2.33. The molecule has 0 aromatic rings. The van der Waals surface area contributed by atoms with E-state index in [2.05, 4.69) is 36.4 Å². The summed E-state index contributed by atoms with van der Waals surface area (Å²) in [6.07, 6.45) is 5.50. The van der Waals surface area contributed by atoms with Gasteiger partial charge < -0.3 is 15.5 Å². The van der Waals surface area contributed by atoms with Gasteiger partial charge in [-0.05, 0) is 76.2 Å². The molecule has 3 heteroatoms. The van der Waals surface area contributed by atoms with Crippen LogP contribution in [0.4, 0.5) is 0 Å². The van der Waals surface area contributed by atoms with E-state index in [0.29, 0.717) is 5.41 Å². The Kier molecular flexibility index (Phi) is 5.67. The fourth-order valence-electron chi connectivity index (χ4n) is 3.60. The lowest BCUT2D eigenvalue weighted by Gasteiger charge is -2.32. The maximum atomic E-state index is 3.72. The molecule has 0 bridgehead atoms. The zero-order valence-electron chi connectivity index (χ0n) is 13.2. The summed E-state index contributed by atoms with van der Waals surface area (Å²) >= 11 is 0. The highest BCUT2D eigenvalue weighted by Crippen LogP contribution is 2.33. The van der Waals surface area contributed by atoms with Crippen LogP contribution in [0.15, 0.2) is 0 Å². The first kappa shape index (κ1) is 15.3. The molecule has 0 amide bonds. The molecule has 2 atom stereocenters. The molecule has 2 unspecified atom stereocenters. The van der Waals surface area contributed by atoms with Crippen LogP contribution in [0.25, 0.3) is 0 Å². The number of likely N-dealkylation sites (tertiary alicyclic amines) is 1. The molecule has 2 saturated heterocycles. The quantitative estimate of drug-likeness (QED) is 0.720. The van der Waals surface area contributed by atoms with Crippen molar-refractivity contribution < 1.29 is 0 Å². The van der Waals surface area contributed by atoms with Gasteiger partial charge in [-0.25, -0.2) is 0 Å². The second-order valence-corrected chi connectivity index (χ2v) is 7.41. The molecule has 0 aromatic heterocycles. The van der Waals surface area contributed by atoms with Gasteiger partial charge in [-0.3, -0.25) is 0 Å². The number of hydrogen-bond donors (Lipinski definition) is 2. The summed E-state index contributed by atoms with van der Waals surface area (Å²) in [6, 6.07) is 0. The summed E-state index contributed by atoms with van der Waals surface area (Å²) in [5.74, 6) is 1.77. The average molecular weight is 267 g/mol. The molecule has 0 aromatic carbocycles. The van der Waals surface area contributed by atoms with Crippen LogP contribution in [0.3, 0.4) is 0 Å². The Morgan fingerprint density at radius 3 is 2.79 bits per heavy atom. The highest BCUT2D eigenvalue weighted by atomic mass is 15.1. The van der Waals surface area contributed by atoms with Gasteiger partial charge in [-0.2, -0.15) is 0 Å². The fraction of sp³-hybridized carbons (Fsp3) is 1.00. The third-order valence-corrected chi connectivity index (χ3v) is 5.21. The van der Waals surface area contributed by atoms with Gasteiger partial charge in [-0.15, -0.1) is 0 Å². The van der Waals surface area contributed by atoms with Crippen LogP contribution in [0.2, 0.25) is 0 Å². The monoisotopic (exact) mass is 267 g/mol. The Morgan fingerprint density at radius 2 is 2.16 bits per heavy atom. The fourth-order valence-corrected chi connectivity index (χ4v) is 3.60. The number of rotatable bonds is 6. The van der Waals surface area contributed by atoms with Crippen LogP contribution in [0, 0.1) is 17.3 Å². The molecule has 2 aliphatic heterocycles. The van der Waals surface area contributed by atoms with E-state index in [9.17, 15) is 0 Å². The van der Waals surface area contributed by atoms with Crippen molar-refractivity contribution >= 4 is 0 Å². The zero-order valence-corrected chi connectivity index (χ0v) is 13.2. The van der Waals surface area contributed by atoms with Gasteiger partial charge in [0.25, 0.3) is 0 Å². The number of piperidine rings is 1. The molecule has 2 heterocycles. The topological polar surface area (TPSA) is 27.3 Å². The smallest absolute Gasteiger partial charge is 0.00127 e. The predicted octanol–water partition coefficient (Wildman–Crippen LogP) is 1.94. The van der Waals surface area contributed by atoms with E-state index in [1.54, 1.807) is 0 Å². The summed E-state index contributed by atoms with van der Waals surface area (Å²) in [7, 11) is 2.25. The third kappa shape index (κ3) is 4.73. The summed E-state index contributed by atoms with van der Waals surface area (Å²) in [6.45, 7) is 12.3. The molecule has 0 saturated carbocycles. The van der Waals surface area contributed by atoms with Crippen molar-refractivity contribution in [2.24, 2.45) is 17.3 Å². The van der Waals surface area contributed by atoms with E-state index >= 15 is 0 Å². The summed E-state index contributed by atoms with van der Waals surface area (Å²) in [4.78, 5) is 2.47. The molecule has 0 spiro atoms. The Hall–Kier alpha value is -0.120. The lowest BCUT2D eigenvalue weighted by Crippen LogP contribution is -2.38. The van der Waals surface area contributed by atoms with Crippen LogP contribution in [-0.2, 0) is 0 Å². The van der Waals surface area contributed by atoms with Crippen LogP contribution < -0.4 is 10.6 Å². The summed E-state index contributed by atoms with van der Waals surface area (Å²) in [5, 5.41) is 7.23. The molecule has 19 heavy (non-hydrogen) atoms. The lowest BCUT2D eigenvalue weighted by atomic mass is 9.78. The molecule has 112 valence electrons. The maximum Gasteiger partial charge on any atom is 0.00127 e. The van der Waals surface area contributed by atoms with Crippen molar-refractivity contribution in [1.29, 1.82) is 0 Å². The Balaban J connectivity index is 1.61. The predicted molar refractivity (Wildman–Crippen MR) is 82.5 cm³/mol. The largest absolute Gasteiger partial charge is 0.316 e. The van der Waals surface area contributed by atoms with E-state index < -0.39 is 0 Å². The van der Waals surface area contributed by atoms with Crippen molar-refractivity contribution in [3.05, 3.63) is 0 Å². The van der Waals surface area contributed by atoms with E-state index in [1.807, 2.05) is 0 Å². The molecule has 0 aliphatic carbocycles. The van der Waals surface area contributed by atoms with Gasteiger partial charge in [0.05, 0.1) is 0 Å². The Morgan fingerprint density at radius 1 is 1.32 bits per heavy atom. The zero-order chi connectivity index (χ0) is 13.7. The van der Waals surface area contributed by atoms with Crippen molar-refractivity contribution in [2.45, 2.75) is 39.5 Å². The van der Waals surface area contributed by atoms with Gasteiger partial charge in [0.15, 0.2) is 0 Å². The second kappa shape index (κ2) is 7.05. The van der Waals surface area contributed by atoms with Crippen molar-refractivity contribution in [2.75, 3.05) is 46.3 Å². The van der Waals surface area contributed by atoms with Gasteiger partial charge in [0, 0.05) is 13.1 Å². The molecule has 0 radical (unpaired) electrons. The highest BCUT2D eigenvalue weighted by molar-refractivity contribution is 4.87. The molecular formula is C16H33N3. The summed E-state index contributed by atoms with van der Waals surface area (Å²) in [5.41, 5.74) is 0.440. The van der Waals surface area contributed by atoms with E-state index in [0.717, 1.165) is 11.8 Å². The normalized spacial score (nSPS) is 29.8. The first-order valence-electron chi connectivity index (χ1n) is 8.18. The third-order valence-electron chi connectivity index (χ3n) is 5.21. The summed E-state index contributed by atoms with van der Waals surface area (Å²) < 4.78 is 0. The number of hydrogen-bond acceptors (Lipinski definition) is 3. The van der Waals surface area contributed by atoms with Crippen molar-refractivity contribution in [3.63, 3.8) is 0 Å². The van der Waals surface area contributed by atoms with Gasteiger partial charge in [0.1, 0.15) is 0 Å². The van der Waals surface area contributed by atoms with Gasteiger partial charge in [-0.1, -0.05) is 13.8 Å².